The Hall–Kier alpha value is -3.48. The quantitative estimate of drug-likeness (QED) is 0.365. The van der Waals surface area contributed by atoms with E-state index >= 15 is 0 Å². The molecule has 36 heavy (non-hydrogen) atoms. The molecule has 3 aromatic rings. The molecule has 0 saturated carbocycles. The maximum Gasteiger partial charge on any atom is 0.245 e. The van der Waals surface area contributed by atoms with Gasteiger partial charge in [-0.3, -0.25) is 9.59 Å². The molecule has 0 spiro atoms. The highest BCUT2D eigenvalue weighted by atomic mass is 19.1. The van der Waals surface area contributed by atoms with Crippen molar-refractivity contribution in [2.45, 2.75) is 63.3 Å². The van der Waals surface area contributed by atoms with Crippen LogP contribution in [0.2, 0.25) is 0 Å². The number of carbonyl (C=O) groups excluding carboxylic acids is 2. The molecule has 1 saturated heterocycles. The van der Waals surface area contributed by atoms with Gasteiger partial charge < -0.3 is 15.2 Å². The Morgan fingerprint density at radius 3 is 2.56 bits per heavy atom. The standard InChI is InChI=1S/C29H35FN4O2/c1-2-3-9-16-29(23-11-5-4-6-12-23)19-34(20-29)28(36)26(17-22-10-7-8-13-25(22)30)33-27(35)15-14-24-18-31-21-32-24/h4-8,10-13,18,21,26H,2-3,9,14-17,19-20H2,1H3,(H,31,32)(H,33,35). The van der Waals surface area contributed by atoms with E-state index in [-0.39, 0.29) is 35.9 Å². The maximum absolute atomic E-state index is 14.4. The number of rotatable bonds is 12. The molecule has 1 atom stereocenters. The average molecular weight is 491 g/mol. The number of hydrogen-bond acceptors (Lipinski definition) is 3. The van der Waals surface area contributed by atoms with E-state index < -0.39 is 6.04 Å². The zero-order valence-electron chi connectivity index (χ0n) is 20.9. The largest absolute Gasteiger partial charge is 0.351 e. The predicted octanol–water partition coefficient (Wildman–Crippen LogP) is 4.57. The third-order valence-corrected chi connectivity index (χ3v) is 7.12. The number of nitrogens with one attached hydrogen (secondary N) is 2. The molecule has 7 heteroatoms. The minimum Gasteiger partial charge on any atom is -0.351 e. The number of nitrogens with zero attached hydrogens (tertiary/aromatic N) is 2. The summed E-state index contributed by atoms with van der Waals surface area (Å²) in [7, 11) is 0. The monoisotopic (exact) mass is 490 g/mol. The van der Waals surface area contributed by atoms with E-state index in [0.717, 1.165) is 31.4 Å². The molecule has 2 N–H and O–H groups in total. The van der Waals surface area contributed by atoms with Gasteiger partial charge in [0.1, 0.15) is 11.9 Å². The topological polar surface area (TPSA) is 78.1 Å². The first-order valence-corrected chi connectivity index (χ1v) is 12.9. The lowest BCUT2D eigenvalue weighted by Crippen LogP contribution is -2.65. The molecule has 6 nitrogen and oxygen atoms in total. The minimum atomic E-state index is -0.821. The van der Waals surface area contributed by atoms with Crippen molar-refractivity contribution in [1.82, 2.24) is 20.2 Å². The van der Waals surface area contributed by atoms with Crippen molar-refractivity contribution in [3.05, 3.63) is 89.8 Å². The number of imidazole rings is 1. The number of H-pyrrole nitrogens is 1. The predicted molar refractivity (Wildman–Crippen MR) is 138 cm³/mol. The van der Waals surface area contributed by atoms with Gasteiger partial charge in [-0.2, -0.15) is 0 Å². The highest BCUT2D eigenvalue weighted by molar-refractivity contribution is 5.88. The van der Waals surface area contributed by atoms with Crippen molar-refractivity contribution in [3.8, 4) is 0 Å². The fourth-order valence-corrected chi connectivity index (χ4v) is 5.07. The number of amides is 2. The van der Waals surface area contributed by atoms with E-state index in [1.165, 1.54) is 11.6 Å². The molecule has 1 fully saturated rings. The van der Waals surface area contributed by atoms with Gasteiger partial charge in [0.15, 0.2) is 0 Å². The third kappa shape index (κ3) is 6.20. The average Bonchev–Trinajstić information content (AvgIpc) is 3.39. The number of hydrogen-bond donors (Lipinski definition) is 2. The Balaban J connectivity index is 1.47. The van der Waals surface area contributed by atoms with Crippen molar-refractivity contribution in [1.29, 1.82) is 0 Å². The maximum atomic E-state index is 14.4. The number of halogens is 1. The lowest BCUT2D eigenvalue weighted by atomic mass is 9.70. The highest BCUT2D eigenvalue weighted by Crippen LogP contribution is 2.39. The highest BCUT2D eigenvalue weighted by Gasteiger charge is 2.47. The first-order valence-electron chi connectivity index (χ1n) is 12.9. The molecule has 1 aliphatic heterocycles. The van der Waals surface area contributed by atoms with Crippen LogP contribution in [0.25, 0.3) is 0 Å². The molecule has 0 bridgehead atoms. The van der Waals surface area contributed by atoms with Gasteiger partial charge in [-0.15, -0.1) is 0 Å². The summed E-state index contributed by atoms with van der Waals surface area (Å²) in [5.74, 6) is -0.776. The Labute approximate surface area is 212 Å². The van der Waals surface area contributed by atoms with Gasteiger partial charge in [-0.25, -0.2) is 9.37 Å². The van der Waals surface area contributed by atoms with Crippen molar-refractivity contribution in [2.75, 3.05) is 13.1 Å². The lowest BCUT2D eigenvalue weighted by Gasteiger charge is -2.52. The minimum absolute atomic E-state index is 0.0708. The zero-order chi connectivity index (χ0) is 25.4. The summed E-state index contributed by atoms with van der Waals surface area (Å²) in [5, 5.41) is 2.89. The van der Waals surface area contributed by atoms with Crippen molar-refractivity contribution in [2.24, 2.45) is 0 Å². The fourth-order valence-electron chi connectivity index (χ4n) is 5.07. The molecule has 4 rings (SSSR count). The number of aromatic amines is 1. The first-order chi connectivity index (χ1) is 17.5. The second kappa shape index (κ2) is 12.0. The molecular weight excluding hydrogens is 455 g/mol. The van der Waals surface area contributed by atoms with Gasteiger partial charge in [0.2, 0.25) is 11.8 Å². The van der Waals surface area contributed by atoms with Crippen molar-refractivity contribution in [3.63, 3.8) is 0 Å². The van der Waals surface area contributed by atoms with Gasteiger partial charge in [-0.05, 0) is 30.0 Å². The molecule has 190 valence electrons. The summed E-state index contributed by atoms with van der Waals surface area (Å²) in [4.78, 5) is 35.2. The molecule has 2 amide bonds. The van der Waals surface area contributed by atoms with Crippen molar-refractivity contribution >= 4 is 11.8 Å². The third-order valence-electron chi connectivity index (χ3n) is 7.12. The summed E-state index contributed by atoms with van der Waals surface area (Å²) < 4.78 is 14.4. The van der Waals surface area contributed by atoms with E-state index in [1.807, 2.05) is 23.1 Å². The van der Waals surface area contributed by atoms with Crippen LogP contribution in [0.5, 0.6) is 0 Å². The normalized spacial score (nSPS) is 15.2. The van der Waals surface area contributed by atoms with Crippen LogP contribution in [0.4, 0.5) is 4.39 Å². The number of carbonyl (C=O) groups is 2. The van der Waals surface area contributed by atoms with Crippen LogP contribution in [-0.2, 0) is 27.8 Å². The molecule has 1 aliphatic rings. The Kier molecular flexibility index (Phi) is 8.52. The summed E-state index contributed by atoms with van der Waals surface area (Å²) in [6.07, 6.45) is 8.53. The SMILES string of the molecule is CCCCCC1(c2ccccc2)CN(C(=O)C(Cc2ccccc2F)NC(=O)CCc2c[nH]cn2)C1. The second-order valence-corrected chi connectivity index (χ2v) is 9.77. The summed E-state index contributed by atoms with van der Waals surface area (Å²) >= 11 is 0. The number of unbranched alkanes of at least 4 members (excludes halogenated alkanes) is 2. The fraction of sp³-hybridized carbons (Fsp3) is 0.414. The van der Waals surface area contributed by atoms with Crippen LogP contribution >= 0.6 is 0 Å². The smallest absolute Gasteiger partial charge is 0.245 e. The molecule has 0 aliphatic carbocycles. The van der Waals surface area contributed by atoms with Crippen LogP contribution < -0.4 is 5.32 Å². The van der Waals surface area contributed by atoms with E-state index in [2.05, 4.69) is 34.3 Å². The Morgan fingerprint density at radius 2 is 1.86 bits per heavy atom. The van der Waals surface area contributed by atoms with E-state index in [1.54, 1.807) is 30.7 Å². The first kappa shape index (κ1) is 25.6. The van der Waals surface area contributed by atoms with Gasteiger partial charge in [0.25, 0.3) is 0 Å². The lowest BCUT2D eigenvalue weighted by molar-refractivity contribution is -0.143. The Morgan fingerprint density at radius 1 is 1.11 bits per heavy atom. The molecular formula is C29H35FN4O2. The summed E-state index contributed by atoms with van der Waals surface area (Å²) in [6.45, 7) is 3.40. The number of benzene rings is 2. The van der Waals surface area contributed by atoms with E-state index in [9.17, 15) is 14.0 Å². The zero-order valence-corrected chi connectivity index (χ0v) is 20.9. The van der Waals surface area contributed by atoms with Gasteiger partial charge in [0, 0.05) is 37.5 Å². The summed E-state index contributed by atoms with van der Waals surface area (Å²) in [5.41, 5.74) is 2.38. The van der Waals surface area contributed by atoms with Crippen LogP contribution in [0.1, 0.15) is 55.8 Å². The molecule has 0 radical (unpaired) electrons. The number of aromatic nitrogens is 2. The van der Waals surface area contributed by atoms with E-state index in [4.69, 9.17) is 0 Å². The van der Waals surface area contributed by atoms with Gasteiger partial charge >= 0.3 is 0 Å². The van der Waals surface area contributed by atoms with Gasteiger partial charge in [-0.1, -0.05) is 74.7 Å². The van der Waals surface area contributed by atoms with Crippen LogP contribution in [-0.4, -0.2) is 45.8 Å². The van der Waals surface area contributed by atoms with E-state index in [0.29, 0.717) is 25.1 Å². The second-order valence-electron chi connectivity index (χ2n) is 9.77. The van der Waals surface area contributed by atoms with Crippen molar-refractivity contribution < 1.29 is 14.0 Å². The van der Waals surface area contributed by atoms with Crippen LogP contribution in [0, 0.1) is 5.82 Å². The molecule has 1 unspecified atom stereocenters. The number of likely N-dealkylation sites (tertiary alicyclic amines) is 1. The van der Waals surface area contributed by atoms with Crippen LogP contribution in [0.3, 0.4) is 0 Å². The summed E-state index contributed by atoms with van der Waals surface area (Å²) in [6, 6.07) is 16.0. The molecule has 1 aromatic heterocycles. The van der Waals surface area contributed by atoms with Crippen LogP contribution in [0.15, 0.2) is 67.1 Å². The number of aryl methyl sites for hydroxylation is 1. The molecule has 2 heterocycles. The molecule has 2 aromatic carbocycles. The Bertz CT molecular complexity index is 1130. The van der Waals surface area contributed by atoms with Gasteiger partial charge in [0.05, 0.1) is 12.0 Å².